The Bertz CT molecular complexity index is 1150. The summed E-state index contributed by atoms with van der Waals surface area (Å²) in [6.45, 7) is 0.710. The van der Waals surface area contributed by atoms with E-state index in [1.165, 1.54) is 35.0 Å². The highest BCUT2D eigenvalue weighted by Crippen LogP contribution is 2.39. The van der Waals surface area contributed by atoms with E-state index >= 15 is 0 Å². The number of aliphatic hydroxyl groups excluding tert-OH is 1. The van der Waals surface area contributed by atoms with Crippen LogP contribution >= 0.6 is 11.6 Å². The van der Waals surface area contributed by atoms with Crippen molar-refractivity contribution in [3.05, 3.63) is 83.0 Å². The molecule has 2 heterocycles. The van der Waals surface area contributed by atoms with E-state index < -0.39 is 6.10 Å². The summed E-state index contributed by atoms with van der Waals surface area (Å²) in [6.07, 6.45) is 9.24. The summed E-state index contributed by atoms with van der Waals surface area (Å²) in [5.41, 5.74) is 5.17. The summed E-state index contributed by atoms with van der Waals surface area (Å²) in [4.78, 5) is 7.67. The molecule has 2 atom stereocenters. The molecular formula is C25H26ClN3O2. The zero-order valence-corrected chi connectivity index (χ0v) is 18.1. The summed E-state index contributed by atoms with van der Waals surface area (Å²) in [6, 6.07) is 14.4. The van der Waals surface area contributed by atoms with Crippen LogP contribution in [0.2, 0.25) is 5.02 Å². The Hall–Kier alpha value is -2.76. The Kier molecular flexibility index (Phi) is 5.70. The number of aliphatic hydroxyl groups is 1. The number of imidazole rings is 1. The molecule has 160 valence electrons. The van der Waals surface area contributed by atoms with Crippen molar-refractivity contribution in [2.45, 2.75) is 44.2 Å². The van der Waals surface area contributed by atoms with Crippen LogP contribution in [0.1, 0.15) is 42.0 Å². The van der Waals surface area contributed by atoms with E-state index in [0.717, 1.165) is 29.1 Å². The molecule has 5 nitrogen and oxygen atoms in total. The largest absolute Gasteiger partial charge is 0.491 e. The maximum atomic E-state index is 10.2. The van der Waals surface area contributed by atoms with E-state index in [2.05, 4.69) is 34.2 Å². The molecule has 0 aliphatic heterocycles. The van der Waals surface area contributed by atoms with E-state index in [4.69, 9.17) is 16.3 Å². The minimum atomic E-state index is -0.587. The van der Waals surface area contributed by atoms with Crippen molar-refractivity contribution in [2.24, 2.45) is 0 Å². The fourth-order valence-corrected chi connectivity index (χ4v) is 4.79. The third-order valence-electron chi connectivity index (χ3n) is 6.12. The maximum absolute atomic E-state index is 10.2. The van der Waals surface area contributed by atoms with Crippen LogP contribution in [0.15, 0.2) is 61.2 Å². The van der Waals surface area contributed by atoms with Gasteiger partial charge in [-0.1, -0.05) is 30.2 Å². The number of hydrogen-bond acceptors (Lipinski definition) is 3. The van der Waals surface area contributed by atoms with Crippen molar-refractivity contribution < 1.29 is 9.84 Å². The van der Waals surface area contributed by atoms with Crippen LogP contribution in [0, 0.1) is 0 Å². The van der Waals surface area contributed by atoms with Gasteiger partial charge in [-0.15, -0.1) is 0 Å². The first-order valence-corrected chi connectivity index (χ1v) is 11.2. The number of nitrogens with zero attached hydrogens (tertiary/aromatic N) is 2. The Balaban J connectivity index is 1.32. The van der Waals surface area contributed by atoms with E-state index in [-0.39, 0.29) is 6.61 Å². The van der Waals surface area contributed by atoms with Crippen molar-refractivity contribution >= 4 is 22.5 Å². The van der Waals surface area contributed by atoms with Gasteiger partial charge in [0.2, 0.25) is 0 Å². The van der Waals surface area contributed by atoms with Crippen LogP contribution in [0.5, 0.6) is 5.75 Å². The van der Waals surface area contributed by atoms with Crippen LogP contribution in [-0.2, 0) is 13.0 Å². The van der Waals surface area contributed by atoms with Gasteiger partial charge in [-0.2, -0.15) is 0 Å². The molecule has 0 saturated carbocycles. The summed E-state index contributed by atoms with van der Waals surface area (Å²) in [7, 11) is 0. The lowest BCUT2D eigenvalue weighted by molar-refractivity contribution is 0.0924. The van der Waals surface area contributed by atoms with E-state index in [1.54, 1.807) is 12.5 Å². The van der Waals surface area contributed by atoms with Gasteiger partial charge in [0.1, 0.15) is 18.5 Å². The third-order valence-corrected chi connectivity index (χ3v) is 6.36. The first kappa shape index (κ1) is 20.2. The molecule has 4 aromatic rings. The number of hydrogen-bond donors (Lipinski definition) is 2. The number of halogens is 1. The van der Waals surface area contributed by atoms with E-state index in [9.17, 15) is 5.11 Å². The minimum Gasteiger partial charge on any atom is -0.491 e. The number of aromatic nitrogens is 3. The molecule has 31 heavy (non-hydrogen) atoms. The van der Waals surface area contributed by atoms with Crippen LogP contribution in [0.3, 0.4) is 0 Å². The summed E-state index contributed by atoms with van der Waals surface area (Å²) in [5, 5.41) is 12.2. The van der Waals surface area contributed by atoms with Crippen LogP contribution in [-0.4, -0.2) is 32.4 Å². The van der Waals surface area contributed by atoms with Crippen molar-refractivity contribution in [1.82, 2.24) is 14.5 Å². The molecule has 0 bridgehead atoms. The lowest BCUT2D eigenvalue weighted by atomic mass is 9.91. The number of fused-ring (bicyclic) bond motifs is 3. The fourth-order valence-electron chi connectivity index (χ4n) is 4.62. The van der Waals surface area contributed by atoms with Gasteiger partial charge in [0.25, 0.3) is 0 Å². The molecule has 0 saturated heterocycles. The van der Waals surface area contributed by atoms with Gasteiger partial charge in [-0.25, -0.2) is 4.98 Å². The van der Waals surface area contributed by atoms with Gasteiger partial charge in [0.15, 0.2) is 0 Å². The molecule has 0 spiro atoms. The molecule has 2 N–H and O–H groups in total. The van der Waals surface area contributed by atoms with Crippen LogP contribution in [0.4, 0.5) is 0 Å². The van der Waals surface area contributed by atoms with Crippen molar-refractivity contribution in [3.8, 4) is 5.75 Å². The Morgan fingerprint density at radius 2 is 2.06 bits per heavy atom. The van der Waals surface area contributed by atoms with Crippen LogP contribution in [0.25, 0.3) is 10.9 Å². The number of rotatable bonds is 6. The van der Waals surface area contributed by atoms with Crippen molar-refractivity contribution in [1.29, 1.82) is 0 Å². The molecule has 0 radical (unpaired) electrons. The first-order chi connectivity index (χ1) is 15.2. The second kappa shape index (κ2) is 8.77. The quantitative estimate of drug-likeness (QED) is 0.403. The average Bonchev–Trinajstić information content (AvgIpc) is 3.35. The van der Waals surface area contributed by atoms with Crippen LogP contribution < -0.4 is 4.74 Å². The highest BCUT2D eigenvalue weighted by atomic mass is 35.5. The number of H-pyrrole nitrogens is 1. The summed E-state index contributed by atoms with van der Waals surface area (Å²) in [5.74, 6) is 1.11. The second-order valence-electron chi connectivity index (χ2n) is 8.30. The number of benzene rings is 2. The number of nitrogens with one attached hydrogen (secondary N) is 1. The first-order valence-electron chi connectivity index (χ1n) is 10.8. The monoisotopic (exact) mass is 435 g/mol. The van der Waals surface area contributed by atoms with Gasteiger partial charge in [-0.3, -0.25) is 0 Å². The second-order valence-corrected chi connectivity index (χ2v) is 8.74. The lowest BCUT2D eigenvalue weighted by Gasteiger charge is -2.17. The lowest BCUT2D eigenvalue weighted by Crippen LogP contribution is -2.23. The molecule has 2 aromatic carbocycles. The molecule has 0 amide bonds. The summed E-state index contributed by atoms with van der Waals surface area (Å²) >= 11 is 6.27. The fraction of sp³-hybridized carbons (Fsp3) is 0.320. The zero-order chi connectivity index (χ0) is 21.2. The Morgan fingerprint density at radius 3 is 2.87 bits per heavy atom. The predicted molar refractivity (Wildman–Crippen MR) is 123 cm³/mol. The average molecular weight is 436 g/mol. The van der Waals surface area contributed by atoms with E-state index in [1.807, 2.05) is 29.0 Å². The Labute approximate surface area is 186 Å². The minimum absolute atomic E-state index is 0.244. The maximum Gasteiger partial charge on any atom is 0.119 e. The number of aromatic amines is 1. The highest BCUT2D eigenvalue weighted by Gasteiger charge is 2.24. The summed E-state index contributed by atoms with van der Waals surface area (Å²) < 4.78 is 7.65. The number of aryl methyl sites for hydroxylation is 1. The molecule has 5 rings (SSSR count). The molecule has 0 fully saturated rings. The van der Waals surface area contributed by atoms with Gasteiger partial charge in [-0.05, 0) is 60.7 Å². The molecule has 2 aromatic heterocycles. The predicted octanol–water partition coefficient (Wildman–Crippen LogP) is 5.32. The zero-order valence-electron chi connectivity index (χ0n) is 17.3. The van der Waals surface area contributed by atoms with E-state index in [0.29, 0.717) is 12.5 Å². The molecule has 1 aliphatic carbocycles. The van der Waals surface area contributed by atoms with Crippen molar-refractivity contribution in [2.75, 3.05) is 6.61 Å². The number of ether oxygens (including phenoxy) is 1. The molecule has 1 aliphatic rings. The van der Waals surface area contributed by atoms with Gasteiger partial charge in [0.05, 0.1) is 12.9 Å². The molecular weight excluding hydrogens is 410 g/mol. The molecule has 6 heteroatoms. The SMILES string of the molecule is OC(COc1ccc(C2CCCCc3c2[nH]c2ccc(Cl)cc32)cc1)Cn1ccnc1. The normalized spacial score (nSPS) is 17.3. The third kappa shape index (κ3) is 4.34. The van der Waals surface area contributed by atoms with Gasteiger partial charge in [0, 0.05) is 39.9 Å². The highest BCUT2D eigenvalue weighted by molar-refractivity contribution is 6.31. The van der Waals surface area contributed by atoms with Gasteiger partial charge >= 0.3 is 0 Å². The Morgan fingerprint density at radius 1 is 1.19 bits per heavy atom. The van der Waals surface area contributed by atoms with Gasteiger partial charge < -0.3 is 19.4 Å². The molecule has 2 unspecified atom stereocenters. The van der Waals surface area contributed by atoms with Crippen molar-refractivity contribution in [3.63, 3.8) is 0 Å². The smallest absolute Gasteiger partial charge is 0.119 e. The standard InChI is InChI=1S/C25H26ClN3O2/c26-18-7-10-24-23(13-18)22-4-2-1-3-21(25(22)28-24)17-5-8-20(9-6-17)31-15-19(30)14-29-12-11-27-16-29/h5-13,16,19,21,28,30H,1-4,14-15H2. The topological polar surface area (TPSA) is 63.1 Å².